The normalized spacial score (nSPS) is 17.8. The van der Waals surface area contributed by atoms with Crippen LogP contribution in [0.4, 0.5) is 0 Å². The van der Waals surface area contributed by atoms with Crippen LogP contribution in [0.5, 0.6) is 0 Å². The Labute approximate surface area is 97.5 Å². The fourth-order valence-corrected chi connectivity index (χ4v) is 1.93. The molecule has 0 spiro atoms. The van der Waals surface area contributed by atoms with Crippen molar-refractivity contribution >= 4 is 5.91 Å². The van der Waals surface area contributed by atoms with E-state index in [1.807, 2.05) is 4.90 Å². The van der Waals surface area contributed by atoms with Gasteiger partial charge >= 0.3 is 0 Å². The van der Waals surface area contributed by atoms with E-state index in [0.717, 1.165) is 45.8 Å². The summed E-state index contributed by atoms with van der Waals surface area (Å²) in [6, 6.07) is 0. The molecule has 1 heterocycles. The molecule has 94 valence electrons. The van der Waals surface area contributed by atoms with E-state index in [9.17, 15) is 4.79 Å². The summed E-state index contributed by atoms with van der Waals surface area (Å²) < 4.78 is 5.02. The molecule has 0 saturated carbocycles. The van der Waals surface area contributed by atoms with Crippen molar-refractivity contribution in [2.45, 2.75) is 12.8 Å². The van der Waals surface area contributed by atoms with Crippen LogP contribution in [0.3, 0.4) is 0 Å². The summed E-state index contributed by atoms with van der Waals surface area (Å²) in [5.74, 6) is 0.194. The summed E-state index contributed by atoms with van der Waals surface area (Å²) in [4.78, 5) is 15.9. The third-order valence-corrected chi connectivity index (χ3v) is 2.91. The molecule has 2 N–H and O–H groups in total. The molecule has 0 aromatic carbocycles. The van der Waals surface area contributed by atoms with Crippen molar-refractivity contribution in [1.29, 1.82) is 0 Å². The van der Waals surface area contributed by atoms with Crippen molar-refractivity contribution in [2.24, 2.45) is 5.73 Å². The van der Waals surface area contributed by atoms with Gasteiger partial charge in [-0.15, -0.1) is 0 Å². The molecule has 0 unspecified atom stereocenters. The highest BCUT2D eigenvalue weighted by atomic mass is 16.5. The maximum Gasteiger partial charge on any atom is 0.223 e. The molecule has 1 fully saturated rings. The first-order valence-corrected chi connectivity index (χ1v) is 5.97. The Morgan fingerprint density at radius 2 is 2.00 bits per heavy atom. The molecule has 0 bridgehead atoms. The van der Waals surface area contributed by atoms with E-state index in [1.165, 1.54) is 0 Å². The smallest absolute Gasteiger partial charge is 0.223 e. The molecular formula is C11H23N3O2. The monoisotopic (exact) mass is 229 g/mol. The average molecular weight is 229 g/mol. The van der Waals surface area contributed by atoms with Gasteiger partial charge in [0.15, 0.2) is 0 Å². The Bertz CT molecular complexity index is 203. The number of amides is 1. The van der Waals surface area contributed by atoms with Crippen LogP contribution in [0.25, 0.3) is 0 Å². The topological polar surface area (TPSA) is 58.8 Å². The molecule has 1 rings (SSSR count). The van der Waals surface area contributed by atoms with E-state index in [-0.39, 0.29) is 5.91 Å². The largest absolute Gasteiger partial charge is 0.385 e. The highest BCUT2D eigenvalue weighted by molar-refractivity contribution is 5.76. The van der Waals surface area contributed by atoms with Gasteiger partial charge in [0.1, 0.15) is 0 Å². The predicted molar refractivity (Wildman–Crippen MR) is 63.2 cm³/mol. The van der Waals surface area contributed by atoms with Gasteiger partial charge in [-0.3, -0.25) is 9.69 Å². The van der Waals surface area contributed by atoms with Gasteiger partial charge in [-0.1, -0.05) is 0 Å². The number of nitrogens with two attached hydrogens (primary N) is 1. The number of rotatable bonds is 6. The van der Waals surface area contributed by atoms with Gasteiger partial charge in [-0.25, -0.2) is 0 Å². The van der Waals surface area contributed by atoms with Crippen LogP contribution < -0.4 is 5.73 Å². The van der Waals surface area contributed by atoms with Crippen molar-refractivity contribution in [3.05, 3.63) is 0 Å². The molecule has 16 heavy (non-hydrogen) atoms. The van der Waals surface area contributed by atoms with E-state index in [4.69, 9.17) is 10.5 Å². The maximum absolute atomic E-state index is 11.6. The van der Waals surface area contributed by atoms with E-state index >= 15 is 0 Å². The Hall–Kier alpha value is -0.650. The predicted octanol–water partition coefficient (Wildman–Crippen LogP) is -0.484. The molecule has 5 nitrogen and oxygen atoms in total. The number of nitrogens with zero attached hydrogens (tertiary/aromatic N) is 2. The number of hydrogen-bond acceptors (Lipinski definition) is 4. The fraction of sp³-hybridized carbons (Fsp3) is 0.909. The van der Waals surface area contributed by atoms with E-state index < -0.39 is 0 Å². The van der Waals surface area contributed by atoms with Crippen LogP contribution in [0.15, 0.2) is 0 Å². The van der Waals surface area contributed by atoms with Crippen LogP contribution in [0, 0.1) is 0 Å². The summed E-state index contributed by atoms with van der Waals surface area (Å²) in [6.07, 6.45) is 1.54. The number of methoxy groups -OCH3 is 1. The minimum atomic E-state index is 0.194. The van der Waals surface area contributed by atoms with Gasteiger partial charge in [0.25, 0.3) is 0 Å². The molecule has 1 amide bonds. The van der Waals surface area contributed by atoms with Gasteiger partial charge in [-0.05, 0) is 6.42 Å². The summed E-state index contributed by atoms with van der Waals surface area (Å²) >= 11 is 0. The zero-order valence-corrected chi connectivity index (χ0v) is 10.2. The van der Waals surface area contributed by atoms with Crippen LogP contribution >= 0.6 is 0 Å². The van der Waals surface area contributed by atoms with Crippen LogP contribution in [0.2, 0.25) is 0 Å². The molecule has 0 aliphatic carbocycles. The van der Waals surface area contributed by atoms with Gasteiger partial charge in [0.2, 0.25) is 5.91 Å². The van der Waals surface area contributed by atoms with Gasteiger partial charge in [-0.2, -0.15) is 0 Å². The number of piperazine rings is 1. The molecule has 0 aromatic heterocycles. The highest BCUT2D eigenvalue weighted by Crippen LogP contribution is 2.04. The number of hydrogen-bond donors (Lipinski definition) is 1. The minimum absolute atomic E-state index is 0.194. The Morgan fingerprint density at radius 1 is 1.31 bits per heavy atom. The Morgan fingerprint density at radius 3 is 2.56 bits per heavy atom. The summed E-state index contributed by atoms with van der Waals surface area (Å²) in [5.41, 5.74) is 5.37. The minimum Gasteiger partial charge on any atom is -0.385 e. The third kappa shape index (κ3) is 4.47. The Balaban J connectivity index is 2.15. The zero-order valence-electron chi connectivity index (χ0n) is 10.2. The van der Waals surface area contributed by atoms with Crippen molar-refractivity contribution in [2.75, 3.05) is 53.0 Å². The molecule has 0 atom stereocenters. The van der Waals surface area contributed by atoms with Crippen molar-refractivity contribution in [3.8, 4) is 0 Å². The first-order valence-electron chi connectivity index (χ1n) is 5.97. The second kappa shape index (κ2) is 7.60. The van der Waals surface area contributed by atoms with Gasteiger partial charge in [0, 0.05) is 59.4 Å². The summed E-state index contributed by atoms with van der Waals surface area (Å²) in [5, 5.41) is 0. The quantitative estimate of drug-likeness (QED) is 0.625. The lowest BCUT2D eigenvalue weighted by Crippen LogP contribution is -2.49. The average Bonchev–Trinajstić information content (AvgIpc) is 2.30. The van der Waals surface area contributed by atoms with Crippen molar-refractivity contribution in [3.63, 3.8) is 0 Å². The summed E-state index contributed by atoms with van der Waals surface area (Å²) in [7, 11) is 1.73. The first kappa shape index (κ1) is 13.4. The lowest BCUT2D eigenvalue weighted by Gasteiger charge is -2.34. The molecule has 1 aliphatic heterocycles. The lowest BCUT2D eigenvalue weighted by molar-refractivity contribution is -0.132. The van der Waals surface area contributed by atoms with Gasteiger partial charge < -0.3 is 15.4 Å². The van der Waals surface area contributed by atoms with E-state index in [0.29, 0.717) is 13.0 Å². The lowest BCUT2D eigenvalue weighted by atomic mass is 10.2. The molecule has 0 aromatic rings. The highest BCUT2D eigenvalue weighted by Gasteiger charge is 2.19. The maximum atomic E-state index is 11.6. The SMILES string of the molecule is COCCCN1CCN(C(=O)CCN)CC1. The molecule has 5 heteroatoms. The standard InChI is InChI=1S/C11H23N3O2/c1-16-10-2-5-13-6-8-14(9-7-13)11(15)3-4-12/h2-10,12H2,1H3. The third-order valence-electron chi connectivity index (χ3n) is 2.91. The molecule has 0 radical (unpaired) electrons. The van der Waals surface area contributed by atoms with Gasteiger partial charge in [0.05, 0.1) is 0 Å². The number of ether oxygens (including phenoxy) is 1. The molecular weight excluding hydrogens is 206 g/mol. The zero-order chi connectivity index (χ0) is 11.8. The van der Waals surface area contributed by atoms with Crippen molar-refractivity contribution < 1.29 is 9.53 Å². The first-order chi connectivity index (χ1) is 7.77. The van der Waals surface area contributed by atoms with E-state index in [1.54, 1.807) is 7.11 Å². The molecule has 1 saturated heterocycles. The van der Waals surface area contributed by atoms with E-state index in [2.05, 4.69) is 4.90 Å². The van der Waals surface area contributed by atoms with Crippen LogP contribution in [0.1, 0.15) is 12.8 Å². The number of carbonyl (C=O) groups is 1. The summed E-state index contributed by atoms with van der Waals surface area (Å²) in [6.45, 7) is 5.95. The Kier molecular flexibility index (Phi) is 6.37. The second-order valence-corrected chi connectivity index (χ2v) is 4.11. The number of carbonyl (C=O) groups excluding carboxylic acids is 1. The van der Waals surface area contributed by atoms with Crippen molar-refractivity contribution in [1.82, 2.24) is 9.80 Å². The second-order valence-electron chi connectivity index (χ2n) is 4.11. The van der Waals surface area contributed by atoms with Crippen LogP contribution in [-0.4, -0.2) is 68.7 Å². The fourth-order valence-electron chi connectivity index (χ4n) is 1.93. The molecule has 1 aliphatic rings. The van der Waals surface area contributed by atoms with Crippen LogP contribution in [-0.2, 0) is 9.53 Å².